The van der Waals surface area contributed by atoms with Crippen LogP contribution in [-0.4, -0.2) is 12.6 Å². The van der Waals surface area contributed by atoms with E-state index < -0.39 is 0 Å². The Balaban J connectivity index is 1.50. The predicted molar refractivity (Wildman–Crippen MR) is 68.4 cm³/mol. The van der Waals surface area contributed by atoms with Crippen LogP contribution in [0.4, 0.5) is 0 Å². The molecule has 4 unspecified atom stereocenters. The van der Waals surface area contributed by atoms with Crippen LogP contribution in [0.2, 0.25) is 0 Å². The molecule has 16 heavy (non-hydrogen) atoms. The summed E-state index contributed by atoms with van der Waals surface area (Å²) in [6, 6.07) is 0.798. The predicted octanol–water partition coefficient (Wildman–Crippen LogP) is 3.59. The molecular weight excluding hydrogens is 194 g/mol. The molecule has 0 aromatic carbocycles. The van der Waals surface area contributed by atoms with Gasteiger partial charge in [-0.1, -0.05) is 26.7 Å². The van der Waals surface area contributed by atoms with Crippen molar-refractivity contribution in [2.45, 2.75) is 64.8 Å². The summed E-state index contributed by atoms with van der Waals surface area (Å²) in [7, 11) is 0. The van der Waals surface area contributed by atoms with E-state index in [1.165, 1.54) is 45.1 Å². The number of nitrogens with one attached hydrogen (secondary N) is 1. The average molecular weight is 221 g/mol. The summed E-state index contributed by atoms with van der Waals surface area (Å²) in [5.74, 6) is 3.21. The van der Waals surface area contributed by atoms with Crippen molar-refractivity contribution in [2.75, 3.05) is 6.54 Å². The molecule has 1 heteroatoms. The van der Waals surface area contributed by atoms with Gasteiger partial charge < -0.3 is 5.32 Å². The monoisotopic (exact) mass is 221 g/mol. The van der Waals surface area contributed by atoms with Gasteiger partial charge in [0, 0.05) is 6.04 Å². The van der Waals surface area contributed by atoms with Gasteiger partial charge in [-0.05, 0) is 61.8 Å². The van der Waals surface area contributed by atoms with Gasteiger partial charge >= 0.3 is 0 Å². The minimum atomic E-state index is 0.553. The SMILES string of the molecule is CC1(C)CCCC1NCC1CC2CCC1C2. The molecule has 0 aromatic rings. The Morgan fingerprint density at radius 3 is 2.56 bits per heavy atom. The van der Waals surface area contributed by atoms with Crippen molar-refractivity contribution in [1.82, 2.24) is 5.32 Å². The van der Waals surface area contributed by atoms with Gasteiger partial charge in [-0.25, -0.2) is 0 Å². The molecule has 0 heterocycles. The summed E-state index contributed by atoms with van der Waals surface area (Å²) in [6.07, 6.45) is 10.4. The van der Waals surface area contributed by atoms with Crippen LogP contribution in [0.3, 0.4) is 0 Å². The molecule has 1 N–H and O–H groups in total. The molecule has 0 amide bonds. The maximum Gasteiger partial charge on any atom is 0.0118 e. The van der Waals surface area contributed by atoms with Crippen LogP contribution < -0.4 is 5.32 Å². The molecule has 2 bridgehead atoms. The van der Waals surface area contributed by atoms with Crippen LogP contribution in [0.25, 0.3) is 0 Å². The normalized spacial score (nSPS) is 45.4. The van der Waals surface area contributed by atoms with Gasteiger partial charge in [0.15, 0.2) is 0 Å². The third kappa shape index (κ3) is 1.92. The number of rotatable bonds is 3. The van der Waals surface area contributed by atoms with Gasteiger partial charge in [0.05, 0.1) is 0 Å². The second-order valence-corrected chi connectivity index (χ2v) is 7.28. The van der Waals surface area contributed by atoms with Gasteiger partial charge in [-0.2, -0.15) is 0 Å². The van der Waals surface area contributed by atoms with Crippen molar-refractivity contribution in [1.29, 1.82) is 0 Å². The molecule has 3 fully saturated rings. The van der Waals surface area contributed by atoms with E-state index >= 15 is 0 Å². The molecule has 3 rings (SSSR count). The van der Waals surface area contributed by atoms with Gasteiger partial charge in [0.2, 0.25) is 0 Å². The Hall–Kier alpha value is -0.0400. The summed E-state index contributed by atoms with van der Waals surface area (Å²) in [5, 5.41) is 3.90. The Labute approximate surface area is 100 Å². The molecule has 0 spiro atoms. The first kappa shape index (κ1) is 11.1. The molecular formula is C15H27N. The van der Waals surface area contributed by atoms with Crippen molar-refractivity contribution in [3.05, 3.63) is 0 Å². The first-order valence-electron chi connectivity index (χ1n) is 7.38. The molecule has 0 aromatic heterocycles. The fourth-order valence-corrected chi connectivity index (χ4v) is 4.63. The van der Waals surface area contributed by atoms with Crippen molar-refractivity contribution in [2.24, 2.45) is 23.2 Å². The first-order valence-corrected chi connectivity index (χ1v) is 7.38. The topological polar surface area (TPSA) is 12.0 Å². The molecule has 3 aliphatic carbocycles. The van der Waals surface area contributed by atoms with E-state index in [0.29, 0.717) is 5.41 Å². The van der Waals surface area contributed by atoms with E-state index in [2.05, 4.69) is 19.2 Å². The fourth-order valence-electron chi connectivity index (χ4n) is 4.63. The zero-order chi connectivity index (χ0) is 11.2. The van der Waals surface area contributed by atoms with Gasteiger partial charge in [-0.15, -0.1) is 0 Å². The van der Waals surface area contributed by atoms with Crippen molar-refractivity contribution >= 4 is 0 Å². The van der Waals surface area contributed by atoms with E-state index in [-0.39, 0.29) is 0 Å². The lowest BCUT2D eigenvalue weighted by Gasteiger charge is -2.31. The standard InChI is InChI=1S/C15H27N/c1-15(2)7-3-4-14(15)16-10-13-9-11-5-6-12(13)8-11/h11-14,16H,3-10H2,1-2H3. The maximum absolute atomic E-state index is 3.90. The van der Waals surface area contributed by atoms with Crippen LogP contribution >= 0.6 is 0 Å². The zero-order valence-corrected chi connectivity index (χ0v) is 11.0. The molecule has 4 atom stereocenters. The highest BCUT2D eigenvalue weighted by Crippen LogP contribution is 2.48. The van der Waals surface area contributed by atoms with Crippen molar-refractivity contribution in [3.63, 3.8) is 0 Å². The second-order valence-electron chi connectivity index (χ2n) is 7.28. The Morgan fingerprint density at radius 2 is 2.00 bits per heavy atom. The quantitative estimate of drug-likeness (QED) is 0.768. The van der Waals surface area contributed by atoms with Crippen molar-refractivity contribution < 1.29 is 0 Å². The summed E-state index contributed by atoms with van der Waals surface area (Å²) >= 11 is 0. The third-order valence-corrected chi connectivity index (χ3v) is 5.77. The fraction of sp³-hybridized carbons (Fsp3) is 1.00. The first-order chi connectivity index (χ1) is 7.65. The lowest BCUT2D eigenvalue weighted by atomic mass is 9.85. The third-order valence-electron chi connectivity index (χ3n) is 5.77. The Kier molecular flexibility index (Phi) is 2.78. The molecule has 1 nitrogen and oxygen atoms in total. The van der Waals surface area contributed by atoms with E-state index in [9.17, 15) is 0 Å². The lowest BCUT2D eigenvalue weighted by molar-refractivity contribution is 0.245. The number of hydrogen-bond acceptors (Lipinski definition) is 1. The van der Waals surface area contributed by atoms with E-state index in [1.807, 2.05) is 0 Å². The van der Waals surface area contributed by atoms with Crippen LogP contribution in [0, 0.1) is 23.2 Å². The van der Waals surface area contributed by atoms with E-state index in [0.717, 1.165) is 23.8 Å². The average Bonchev–Trinajstić information content (AvgIpc) is 2.89. The zero-order valence-electron chi connectivity index (χ0n) is 11.0. The highest BCUT2D eigenvalue weighted by atomic mass is 14.9. The molecule has 3 aliphatic rings. The lowest BCUT2D eigenvalue weighted by Crippen LogP contribution is -2.41. The van der Waals surface area contributed by atoms with E-state index in [1.54, 1.807) is 6.42 Å². The molecule has 0 aliphatic heterocycles. The van der Waals surface area contributed by atoms with E-state index in [4.69, 9.17) is 0 Å². The van der Waals surface area contributed by atoms with Gasteiger partial charge in [-0.3, -0.25) is 0 Å². The second kappa shape index (κ2) is 4.01. The van der Waals surface area contributed by atoms with Crippen molar-refractivity contribution in [3.8, 4) is 0 Å². The van der Waals surface area contributed by atoms with Crippen LogP contribution in [0.1, 0.15) is 58.8 Å². The number of fused-ring (bicyclic) bond motifs is 2. The summed E-state index contributed by atoms with van der Waals surface area (Å²) in [5.41, 5.74) is 0.553. The largest absolute Gasteiger partial charge is 0.313 e. The number of hydrogen-bond donors (Lipinski definition) is 1. The molecule has 92 valence electrons. The molecule has 0 saturated heterocycles. The van der Waals surface area contributed by atoms with Crippen LogP contribution in [0.5, 0.6) is 0 Å². The minimum absolute atomic E-state index is 0.553. The smallest absolute Gasteiger partial charge is 0.0118 e. The summed E-state index contributed by atoms with van der Waals surface area (Å²) in [4.78, 5) is 0. The molecule has 0 radical (unpaired) electrons. The van der Waals surface area contributed by atoms with Gasteiger partial charge in [0.25, 0.3) is 0 Å². The molecule has 3 saturated carbocycles. The summed E-state index contributed by atoms with van der Waals surface area (Å²) < 4.78 is 0. The van der Waals surface area contributed by atoms with Crippen LogP contribution in [-0.2, 0) is 0 Å². The van der Waals surface area contributed by atoms with Gasteiger partial charge in [0.1, 0.15) is 0 Å². The Bertz CT molecular complexity index is 258. The Morgan fingerprint density at radius 1 is 1.12 bits per heavy atom. The van der Waals surface area contributed by atoms with Crippen LogP contribution in [0.15, 0.2) is 0 Å². The maximum atomic E-state index is 3.90. The highest BCUT2D eigenvalue weighted by Gasteiger charge is 2.40. The highest BCUT2D eigenvalue weighted by molar-refractivity contribution is 4.94. The summed E-state index contributed by atoms with van der Waals surface area (Å²) in [6.45, 7) is 6.20. The minimum Gasteiger partial charge on any atom is -0.313 e.